The van der Waals surface area contributed by atoms with E-state index in [-0.39, 0.29) is 5.69 Å². The van der Waals surface area contributed by atoms with Crippen LogP contribution in [0.2, 0.25) is 0 Å². The van der Waals surface area contributed by atoms with Gasteiger partial charge in [0.1, 0.15) is 11.9 Å². The number of nitrogens with one attached hydrogen (secondary N) is 2. The summed E-state index contributed by atoms with van der Waals surface area (Å²) < 4.78 is 13.0. The first-order valence-electron chi connectivity index (χ1n) is 5.64. The Hall–Kier alpha value is -2.64. The van der Waals surface area contributed by atoms with E-state index in [0.29, 0.717) is 5.56 Å². The highest BCUT2D eigenvalue weighted by atomic mass is 19.1. The molecule has 0 radical (unpaired) electrons. The smallest absolute Gasteiger partial charge is 0.326 e. The monoisotopic (exact) mass is 283 g/mol. The molecule has 0 fully saturated rings. The van der Waals surface area contributed by atoms with Crippen LogP contribution in [0, 0.1) is 12.7 Å². The van der Waals surface area contributed by atoms with Crippen molar-refractivity contribution >= 4 is 23.6 Å². The molecule has 1 aromatic rings. The van der Waals surface area contributed by atoms with E-state index in [1.54, 1.807) is 6.92 Å². The third-order valence-corrected chi connectivity index (χ3v) is 2.46. The Kier molecular flexibility index (Phi) is 5.01. The number of amides is 3. The molecule has 0 saturated carbocycles. The Bertz CT molecular complexity index is 548. The summed E-state index contributed by atoms with van der Waals surface area (Å²) >= 11 is 0. The summed E-state index contributed by atoms with van der Waals surface area (Å²) in [5, 5.41) is 13.2. The molecule has 8 heteroatoms. The van der Waals surface area contributed by atoms with E-state index in [9.17, 15) is 18.8 Å². The molecule has 20 heavy (non-hydrogen) atoms. The number of anilines is 1. The molecule has 5 N–H and O–H groups in total. The second-order valence-corrected chi connectivity index (χ2v) is 4.12. The van der Waals surface area contributed by atoms with Gasteiger partial charge < -0.3 is 21.5 Å². The molecular weight excluding hydrogens is 269 g/mol. The lowest BCUT2D eigenvalue weighted by Gasteiger charge is -2.14. The number of nitrogens with two attached hydrogens (primary N) is 1. The number of carbonyl (C=O) groups is 3. The van der Waals surface area contributed by atoms with Gasteiger partial charge in [-0.15, -0.1) is 0 Å². The highest BCUT2D eigenvalue weighted by Crippen LogP contribution is 2.15. The summed E-state index contributed by atoms with van der Waals surface area (Å²) in [6.45, 7) is 1.65. The van der Waals surface area contributed by atoms with E-state index in [1.165, 1.54) is 12.1 Å². The predicted molar refractivity (Wildman–Crippen MR) is 68.5 cm³/mol. The maximum absolute atomic E-state index is 13.0. The summed E-state index contributed by atoms with van der Waals surface area (Å²) in [6, 6.07) is 1.47. The Morgan fingerprint density at radius 1 is 1.40 bits per heavy atom. The molecule has 0 aliphatic carbocycles. The molecule has 0 unspecified atom stereocenters. The van der Waals surface area contributed by atoms with Gasteiger partial charge in [-0.25, -0.2) is 14.0 Å². The first-order valence-corrected chi connectivity index (χ1v) is 5.64. The van der Waals surface area contributed by atoms with Crippen molar-refractivity contribution in [1.82, 2.24) is 5.32 Å². The molecule has 0 spiro atoms. The third kappa shape index (κ3) is 4.56. The van der Waals surface area contributed by atoms with Crippen molar-refractivity contribution in [2.75, 3.05) is 5.32 Å². The Labute approximate surface area is 114 Å². The number of rotatable bonds is 5. The number of primary amides is 1. The van der Waals surface area contributed by atoms with Crippen molar-refractivity contribution in [2.45, 2.75) is 19.4 Å². The minimum absolute atomic E-state index is 0.200. The maximum atomic E-state index is 13.0. The van der Waals surface area contributed by atoms with Gasteiger partial charge in [-0.1, -0.05) is 6.07 Å². The predicted octanol–water partition coefficient (Wildman–Crippen LogP) is 0.584. The van der Waals surface area contributed by atoms with E-state index in [2.05, 4.69) is 10.6 Å². The van der Waals surface area contributed by atoms with Crippen LogP contribution in [0.5, 0.6) is 0 Å². The SMILES string of the molecule is Cc1ccc(F)cc1NC(=O)N[C@@H](CC(N)=O)C(=O)O. The van der Waals surface area contributed by atoms with E-state index in [1.807, 2.05) is 0 Å². The summed E-state index contributed by atoms with van der Waals surface area (Å²) in [5.74, 6) is -2.80. The van der Waals surface area contributed by atoms with Gasteiger partial charge in [-0.05, 0) is 24.6 Å². The molecule has 1 atom stereocenters. The van der Waals surface area contributed by atoms with Crippen LogP contribution in [0.25, 0.3) is 0 Å². The highest BCUT2D eigenvalue weighted by molar-refractivity contribution is 5.94. The molecule has 0 aromatic heterocycles. The molecule has 108 valence electrons. The van der Waals surface area contributed by atoms with Crippen LogP contribution < -0.4 is 16.4 Å². The van der Waals surface area contributed by atoms with Crippen LogP contribution in [-0.4, -0.2) is 29.1 Å². The topological polar surface area (TPSA) is 122 Å². The number of carboxylic acids is 1. The average Bonchev–Trinajstić information content (AvgIpc) is 2.32. The van der Waals surface area contributed by atoms with E-state index >= 15 is 0 Å². The number of benzene rings is 1. The molecule has 0 aliphatic rings. The van der Waals surface area contributed by atoms with Crippen LogP contribution in [0.15, 0.2) is 18.2 Å². The number of urea groups is 1. The van der Waals surface area contributed by atoms with Gasteiger partial charge >= 0.3 is 12.0 Å². The van der Waals surface area contributed by atoms with E-state index in [4.69, 9.17) is 10.8 Å². The molecule has 1 aromatic carbocycles. The average molecular weight is 283 g/mol. The number of carboxylic acid groups (broad SMARTS) is 1. The van der Waals surface area contributed by atoms with Crippen LogP contribution in [0.4, 0.5) is 14.9 Å². The van der Waals surface area contributed by atoms with Crippen molar-refractivity contribution in [3.05, 3.63) is 29.6 Å². The first kappa shape index (κ1) is 15.4. The van der Waals surface area contributed by atoms with Crippen LogP contribution in [0.3, 0.4) is 0 Å². The fourth-order valence-corrected chi connectivity index (χ4v) is 1.45. The number of halogens is 1. The minimum atomic E-state index is -1.44. The Morgan fingerprint density at radius 2 is 2.05 bits per heavy atom. The van der Waals surface area contributed by atoms with Crippen LogP contribution >= 0.6 is 0 Å². The molecule has 0 bridgehead atoms. The summed E-state index contributed by atoms with van der Waals surface area (Å²) in [6.07, 6.45) is -0.537. The number of aliphatic carboxylic acids is 1. The van der Waals surface area contributed by atoms with E-state index in [0.717, 1.165) is 6.07 Å². The van der Waals surface area contributed by atoms with Gasteiger partial charge in [0, 0.05) is 5.69 Å². The summed E-state index contributed by atoms with van der Waals surface area (Å²) in [7, 11) is 0. The second-order valence-electron chi connectivity index (χ2n) is 4.12. The van der Waals surface area contributed by atoms with Crippen LogP contribution in [-0.2, 0) is 9.59 Å². The fraction of sp³-hybridized carbons (Fsp3) is 0.250. The number of hydrogen-bond donors (Lipinski definition) is 4. The lowest BCUT2D eigenvalue weighted by molar-refractivity contribution is -0.140. The normalized spacial score (nSPS) is 11.5. The molecule has 1 rings (SSSR count). The van der Waals surface area contributed by atoms with Crippen molar-refractivity contribution in [1.29, 1.82) is 0 Å². The highest BCUT2D eigenvalue weighted by Gasteiger charge is 2.22. The zero-order valence-electron chi connectivity index (χ0n) is 10.6. The molecule has 0 aliphatic heterocycles. The fourth-order valence-electron chi connectivity index (χ4n) is 1.45. The Balaban J connectivity index is 2.72. The number of carbonyl (C=O) groups excluding carboxylic acids is 2. The quantitative estimate of drug-likeness (QED) is 0.631. The Morgan fingerprint density at radius 3 is 2.60 bits per heavy atom. The van der Waals surface area contributed by atoms with Crippen LogP contribution in [0.1, 0.15) is 12.0 Å². The van der Waals surface area contributed by atoms with E-state index < -0.39 is 36.2 Å². The molecular formula is C12H14FN3O4. The molecule has 7 nitrogen and oxygen atoms in total. The standard InChI is InChI=1S/C12H14FN3O4/c1-6-2-3-7(13)4-8(6)15-12(20)16-9(11(18)19)5-10(14)17/h2-4,9H,5H2,1H3,(H2,14,17)(H,18,19)(H2,15,16,20)/t9-/m0/s1. The van der Waals surface area contributed by atoms with Crippen molar-refractivity contribution in [3.8, 4) is 0 Å². The lowest BCUT2D eigenvalue weighted by Crippen LogP contribution is -2.45. The maximum Gasteiger partial charge on any atom is 0.326 e. The minimum Gasteiger partial charge on any atom is -0.480 e. The zero-order chi connectivity index (χ0) is 15.3. The lowest BCUT2D eigenvalue weighted by atomic mass is 10.2. The van der Waals surface area contributed by atoms with Gasteiger partial charge in [0.05, 0.1) is 6.42 Å². The largest absolute Gasteiger partial charge is 0.480 e. The summed E-state index contributed by atoms with van der Waals surface area (Å²) in [4.78, 5) is 33.1. The first-order chi connectivity index (χ1) is 9.29. The van der Waals surface area contributed by atoms with Crippen molar-refractivity contribution in [2.24, 2.45) is 5.73 Å². The summed E-state index contributed by atoms with van der Waals surface area (Å²) in [5.41, 5.74) is 5.68. The second kappa shape index (κ2) is 6.50. The molecule has 3 amide bonds. The van der Waals surface area contributed by atoms with Gasteiger partial charge in [0.15, 0.2) is 0 Å². The van der Waals surface area contributed by atoms with Crippen molar-refractivity contribution < 1.29 is 23.9 Å². The van der Waals surface area contributed by atoms with Crippen molar-refractivity contribution in [3.63, 3.8) is 0 Å². The number of aryl methyl sites for hydroxylation is 1. The van der Waals surface area contributed by atoms with Gasteiger partial charge in [0.2, 0.25) is 5.91 Å². The van der Waals surface area contributed by atoms with Gasteiger partial charge in [-0.2, -0.15) is 0 Å². The molecule has 0 saturated heterocycles. The van der Waals surface area contributed by atoms with Gasteiger partial charge in [-0.3, -0.25) is 4.79 Å². The van der Waals surface area contributed by atoms with Gasteiger partial charge in [0.25, 0.3) is 0 Å². The third-order valence-electron chi connectivity index (χ3n) is 2.46. The number of hydrogen-bond acceptors (Lipinski definition) is 3. The molecule has 0 heterocycles. The zero-order valence-corrected chi connectivity index (χ0v) is 10.6.